The van der Waals surface area contributed by atoms with Gasteiger partial charge in [-0.3, -0.25) is 19.7 Å². The molecule has 33 heavy (non-hydrogen) atoms. The van der Waals surface area contributed by atoms with Crippen LogP contribution in [0.25, 0.3) is 0 Å². The topological polar surface area (TPSA) is 137 Å². The van der Waals surface area contributed by atoms with Crippen LogP contribution in [0.2, 0.25) is 5.02 Å². The van der Waals surface area contributed by atoms with Crippen molar-refractivity contribution >= 4 is 40.8 Å². The van der Waals surface area contributed by atoms with Gasteiger partial charge in [0.25, 0.3) is 17.5 Å². The highest BCUT2D eigenvalue weighted by Gasteiger charge is 2.25. The summed E-state index contributed by atoms with van der Waals surface area (Å²) in [7, 11) is 1.30. The number of carbonyl (C=O) groups excluding carboxylic acids is 3. The first-order valence-electron chi connectivity index (χ1n) is 9.96. The number of non-ortho nitro benzene ring substituents is 1. The Kier molecular flexibility index (Phi) is 9.17. The molecule has 0 aromatic heterocycles. The molecule has 0 aliphatic carbocycles. The minimum Gasteiger partial charge on any atom is -0.494 e. The van der Waals surface area contributed by atoms with Crippen LogP contribution >= 0.6 is 11.6 Å². The predicted molar refractivity (Wildman–Crippen MR) is 121 cm³/mol. The van der Waals surface area contributed by atoms with Crippen molar-refractivity contribution in [2.75, 3.05) is 19.0 Å². The van der Waals surface area contributed by atoms with Gasteiger partial charge in [-0.05, 0) is 42.7 Å². The van der Waals surface area contributed by atoms with Gasteiger partial charge >= 0.3 is 5.97 Å². The number of hydrogen-bond acceptors (Lipinski definition) is 7. The van der Waals surface area contributed by atoms with Gasteiger partial charge < -0.3 is 20.1 Å². The van der Waals surface area contributed by atoms with Gasteiger partial charge in [0.15, 0.2) is 6.61 Å². The van der Waals surface area contributed by atoms with Crippen LogP contribution in [0.5, 0.6) is 5.75 Å². The number of hydrogen-bond donors (Lipinski definition) is 2. The molecule has 176 valence electrons. The Morgan fingerprint density at radius 3 is 2.36 bits per heavy atom. The summed E-state index contributed by atoms with van der Waals surface area (Å²) in [5.41, 5.74) is 0.298. The number of amides is 2. The highest BCUT2D eigenvalue weighted by Crippen LogP contribution is 2.28. The number of ether oxygens (including phenoxy) is 2. The Balaban J connectivity index is 2.00. The Bertz CT molecular complexity index is 1030. The maximum Gasteiger partial charge on any atom is 0.329 e. The lowest BCUT2D eigenvalue weighted by Crippen LogP contribution is -2.43. The fourth-order valence-electron chi connectivity index (χ4n) is 2.85. The summed E-state index contributed by atoms with van der Waals surface area (Å²) in [6, 6.07) is 8.88. The molecule has 0 saturated carbocycles. The van der Waals surface area contributed by atoms with E-state index in [1.54, 1.807) is 12.1 Å². The molecule has 0 heterocycles. The molecule has 0 aliphatic heterocycles. The smallest absolute Gasteiger partial charge is 0.329 e. The second-order valence-electron chi connectivity index (χ2n) is 7.46. The fourth-order valence-corrected chi connectivity index (χ4v) is 2.97. The molecule has 0 fully saturated rings. The van der Waals surface area contributed by atoms with E-state index in [1.165, 1.54) is 31.4 Å². The first-order valence-corrected chi connectivity index (χ1v) is 10.3. The SMILES string of the molecule is COc1cc([N+](=O)[O-])ccc1NC(=O)COC(=O)C(CC(C)C)NC(=O)c1ccc(Cl)cc1. The second kappa shape index (κ2) is 11.8. The lowest BCUT2D eigenvalue weighted by atomic mass is 10.0. The van der Waals surface area contributed by atoms with E-state index in [2.05, 4.69) is 10.6 Å². The van der Waals surface area contributed by atoms with Crippen LogP contribution in [-0.4, -0.2) is 42.5 Å². The summed E-state index contributed by atoms with van der Waals surface area (Å²) in [5, 5.41) is 16.4. The number of nitrogens with zero attached hydrogens (tertiary/aromatic N) is 1. The van der Waals surface area contributed by atoms with E-state index in [4.69, 9.17) is 21.1 Å². The van der Waals surface area contributed by atoms with E-state index in [0.29, 0.717) is 17.0 Å². The zero-order chi connectivity index (χ0) is 24.5. The van der Waals surface area contributed by atoms with Gasteiger partial charge in [0.2, 0.25) is 0 Å². The van der Waals surface area contributed by atoms with E-state index in [1.807, 2.05) is 13.8 Å². The van der Waals surface area contributed by atoms with Crippen LogP contribution in [0.15, 0.2) is 42.5 Å². The Morgan fingerprint density at radius 1 is 1.12 bits per heavy atom. The molecular weight excluding hydrogens is 454 g/mol. The molecule has 1 atom stereocenters. The average molecular weight is 478 g/mol. The Hall–Kier alpha value is -3.66. The summed E-state index contributed by atoms with van der Waals surface area (Å²) in [6.07, 6.45) is 0.302. The molecule has 2 N–H and O–H groups in total. The number of methoxy groups -OCH3 is 1. The van der Waals surface area contributed by atoms with Gasteiger partial charge in [0.05, 0.1) is 23.8 Å². The highest BCUT2D eigenvalue weighted by atomic mass is 35.5. The van der Waals surface area contributed by atoms with Crippen molar-refractivity contribution in [1.82, 2.24) is 5.32 Å². The van der Waals surface area contributed by atoms with Crippen molar-refractivity contribution in [3.8, 4) is 5.75 Å². The summed E-state index contributed by atoms with van der Waals surface area (Å²) >= 11 is 5.83. The van der Waals surface area contributed by atoms with Crippen LogP contribution in [0.4, 0.5) is 11.4 Å². The van der Waals surface area contributed by atoms with Crippen LogP contribution in [-0.2, 0) is 14.3 Å². The molecule has 2 aromatic carbocycles. The predicted octanol–water partition coefficient (Wildman–Crippen LogP) is 3.58. The van der Waals surface area contributed by atoms with Crippen LogP contribution in [0.3, 0.4) is 0 Å². The summed E-state index contributed by atoms with van der Waals surface area (Å²) in [5.74, 6) is -1.78. The number of nitrogens with one attached hydrogen (secondary N) is 2. The molecule has 0 radical (unpaired) electrons. The van der Waals surface area contributed by atoms with Crippen LogP contribution < -0.4 is 15.4 Å². The normalized spacial score (nSPS) is 11.4. The maximum absolute atomic E-state index is 12.6. The number of rotatable bonds is 10. The van der Waals surface area contributed by atoms with E-state index < -0.39 is 35.4 Å². The van der Waals surface area contributed by atoms with Gasteiger partial charge in [-0.15, -0.1) is 0 Å². The largest absolute Gasteiger partial charge is 0.494 e. The number of anilines is 1. The minimum absolute atomic E-state index is 0.0614. The number of nitro benzene ring substituents is 1. The van der Waals surface area contributed by atoms with Crippen LogP contribution in [0, 0.1) is 16.0 Å². The van der Waals surface area contributed by atoms with E-state index in [0.717, 1.165) is 6.07 Å². The van der Waals surface area contributed by atoms with Gasteiger partial charge in [0.1, 0.15) is 11.8 Å². The summed E-state index contributed by atoms with van der Waals surface area (Å²) < 4.78 is 10.1. The molecule has 0 bridgehead atoms. The van der Waals surface area contributed by atoms with Crippen LogP contribution in [0.1, 0.15) is 30.6 Å². The summed E-state index contributed by atoms with van der Waals surface area (Å²) in [6.45, 7) is 3.13. The zero-order valence-corrected chi connectivity index (χ0v) is 19.0. The molecule has 0 spiro atoms. The molecule has 2 aromatic rings. The lowest BCUT2D eigenvalue weighted by molar-refractivity contribution is -0.384. The van der Waals surface area contributed by atoms with E-state index in [9.17, 15) is 24.5 Å². The molecule has 11 heteroatoms. The maximum atomic E-state index is 12.6. The molecule has 2 amide bonds. The average Bonchev–Trinajstić information content (AvgIpc) is 2.77. The minimum atomic E-state index is -0.963. The molecular formula is C22H24ClN3O7. The number of nitro groups is 1. The van der Waals surface area contributed by atoms with Gasteiger partial charge in [-0.25, -0.2) is 4.79 Å². The molecule has 0 aliphatic rings. The van der Waals surface area contributed by atoms with E-state index in [-0.39, 0.29) is 23.0 Å². The van der Waals surface area contributed by atoms with Gasteiger partial charge in [0, 0.05) is 16.7 Å². The molecule has 1 unspecified atom stereocenters. The Labute approximate surface area is 195 Å². The van der Waals surface area contributed by atoms with E-state index >= 15 is 0 Å². The van der Waals surface area contributed by atoms with Crippen molar-refractivity contribution in [2.24, 2.45) is 5.92 Å². The van der Waals surface area contributed by atoms with Crippen molar-refractivity contribution in [3.05, 3.63) is 63.2 Å². The monoisotopic (exact) mass is 477 g/mol. The number of benzene rings is 2. The number of carbonyl (C=O) groups is 3. The Morgan fingerprint density at radius 2 is 1.79 bits per heavy atom. The van der Waals surface area contributed by atoms with Crippen molar-refractivity contribution in [2.45, 2.75) is 26.3 Å². The molecule has 10 nitrogen and oxygen atoms in total. The third-order valence-corrected chi connectivity index (χ3v) is 4.67. The fraction of sp³-hybridized carbons (Fsp3) is 0.318. The molecule has 2 rings (SSSR count). The van der Waals surface area contributed by atoms with Crippen molar-refractivity contribution in [3.63, 3.8) is 0 Å². The molecule has 0 saturated heterocycles. The number of esters is 1. The third-order valence-electron chi connectivity index (χ3n) is 4.42. The van der Waals surface area contributed by atoms with Crippen molar-refractivity contribution < 1.29 is 28.8 Å². The zero-order valence-electron chi connectivity index (χ0n) is 18.3. The van der Waals surface area contributed by atoms with Gasteiger partial charge in [-0.1, -0.05) is 25.4 Å². The lowest BCUT2D eigenvalue weighted by Gasteiger charge is -2.19. The van der Waals surface area contributed by atoms with Gasteiger partial charge in [-0.2, -0.15) is 0 Å². The number of halogens is 1. The first kappa shape index (κ1) is 25.6. The summed E-state index contributed by atoms with van der Waals surface area (Å²) in [4.78, 5) is 47.6. The standard InChI is InChI=1S/C22H24ClN3O7/c1-13(2)10-18(25-21(28)14-4-6-15(23)7-5-14)22(29)33-12-20(27)24-17-9-8-16(26(30)31)11-19(17)32-3/h4-9,11,13,18H,10,12H2,1-3H3,(H,24,27)(H,25,28). The quantitative estimate of drug-likeness (QED) is 0.303. The highest BCUT2D eigenvalue weighted by molar-refractivity contribution is 6.30. The third kappa shape index (κ3) is 7.76. The second-order valence-corrected chi connectivity index (χ2v) is 7.90. The van der Waals surface area contributed by atoms with Crippen molar-refractivity contribution in [1.29, 1.82) is 0 Å². The first-order chi connectivity index (χ1) is 15.6.